The van der Waals surface area contributed by atoms with Gasteiger partial charge in [0.15, 0.2) is 0 Å². The standard InChI is InChI=1S/C18H36N4O2/c1-7-17(3,4)19-15(23)13-21-9-11-22(12-10-21)14-16(24)20-18(5,6)8-2/h7-14H2,1-6H3,(H,19,23)(H,20,24). The summed E-state index contributed by atoms with van der Waals surface area (Å²) in [4.78, 5) is 28.5. The predicted molar refractivity (Wildman–Crippen MR) is 97.9 cm³/mol. The molecule has 1 aliphatic rings. The Hall–Kier alpha value is -1.14. The molecule has 0 radical (unpaired) electrons. The highest BCUT2D eigenvalue weighted by Gasteiger charge is 2.24. The lowest BCUT2D eigenvalue weighted by atomic mass is 10.0. The van der Waals surface area contributed by atoms with Crippen LogP contribution in [0, 0.1) is 0 Å². The van der Waals surface area contributed by atoms with Gasteiger partial charge in [-0.3, -0.25) is 19.4 Å². The van der Waals surface area contributed by atoms with E-state index in [9.17, 15) is 9.59 Å². The van der Waals surface area contributed by atoms with E-state index >= 15 is 0 Å². The second-order valence-electron chi connectivity index (χ2n) is 8.12. The zero-order chi connectivity index (χ0) is 18.4. The summed E-state index contributed by atoms with van der Waals surface area (Å²) in [6.07, 6.45) is 1.82. The molecule has 140 valence electrons. The van der Waals surface area contributed by atoms with Gasteiger partial charge in [0.2, 0.25) is 11.8 Å². The molecule has 6 heteroatoms. The van der Waals surface area contributed by atoms with Gasteiger partial charge in [0, 0.05) is 37.3 Å². The lowest BCUT2D eigenvalue weighted by molar-refractivity contribution is -0.126. The van der Waals surface area contributed by atoms with Crippen molar-refractivity contribution in [3.63, 3.8) is 0 Å². The van der Waals surface area contributed by atoms with E-state index in [2.05, 4.69) is 34.3 Å². The Labute approximate surface area is 147 Å². The SMILES string of the molecule is CCC(C)(C)NC(=O)CN1CCN(CC(=O)NC(C)(C)CC)CC1. The Morgan fingerprint density at radius 3 is 1.29 bits per heavy atom. The number of carbonyl (C=O) groups excluding carboxylic acids is 2. The first-order valence-electron chi connectivity index (χ1n) is 9.13. The fourth-order valence-corrected chi connectivity index (χ4v) is 2.52. The van der Waals surface area contributed by atoms with Crippen molar-refractivity contribution in [1.82, 2.24) is 20.4 Å². The van der Waals surface area contributed by atoms with Gasteiger partial charge in [0.05, 0.1) is 13.1 Å². The van der Waals surface area contributed by atoms with Crippen LogP contribution in [-0.4, -0.2) is 72.0 Å². The van der Waals surface area contributed by atoms with Crippen molar-refractivity contribution in [2.24, 2.45) is 0 Å². The third-order valence-corrected chi connectivity index (χ3v) is 4.92. The van der Waals surface area contributed by atoms with Crippen LogP contribution in [0.4, 0.5) is 0 Å². The van der Waals surface area contributed by atoms with Gasteiger partial charge in [-0.05, 0) is 40.5 Å². The van der Waals surface area contributed by atoms with E-state index in [1.165, 1.54) is 0 Å². The Morgan fingerprint density at radius 2 is 1.04 bits per heavy atom. The van der Waals surface area contributed by atoms with Crippen LogP contribution in [-0.2, 0) is 9.59 Å². The van der Waals surface area contributed by atoms with Crippen molar-refractivity contribution in [2.75, 3.05) is 39.3 Å². The topological polar surface area (TPSA) is 64.7 Å². The third kappa shape index (κ3) is 7.62. The Kier molecular flexibility index (Phi) is 7.67. The number of rotatable bonds is 8. The maximum Gasteiger partial charge on any atom is 0.234 e. The van der Waals surface area contributed by atoms with E-state index < -0.39 is 0 Å². The van der Waals surface area contributed by atoms with Crippen LogP contribution in [0.2, 0.25) is 0 Å². The van der Waals surface area contributed by atoms with Crippen molar-refractivity contribution in [2.45, 2.75) is 65.5 Å². The highest BCUT2D eigenvalue weighted by molar-refractivity contribution is 5.79. The first-order chi connectivity index (χ1) is 11.1. The summed E-state index contributed by atoms with van der Waals surface area (Å²) in [5, 5.41) is 6.14. The van der Waals surface area contributed by atoms with Crippen LogP contribution in [0.15, 0.2) is 0 Å². The van der Waals surface area contributed by atoms with Crippen LogP contribution in [0.1, 0.15) is 54.4 Å². The van der Waals surface area contributed by atoms with Crippen molar-refractivity contribution in [1.29, 1.82) is 0 Å². The number of nitrogens with zero attached hydrogens (tertiary/aromatic N) is 2. The van der Waals surface area contributed by atoms with Crippen LogP contribution in [0.5, 0.6) is 0 Å². The summed E-state index contributed by atoms with van der Waals surface area (Å²) >= 11 is 0. The second kappa shape index (κ2) is 8.81. The lowest BCUT2D eigenvalue weighted by Gasteiger charge is -2.35. The van der Waals surface area contributed by atoms with Gasteiger partial charge >= 0.3 is 0 Å². The number of amides is 2. The molecule has 0 aromatic rings. The first kappa shape index (κ1) is 20.9. The zero-order valence-corrected chi connectivity index (χ0v) is 16.4. The van der Waals surface area contributed by atoms with E-state index in [0.717, 1.165) is 39.0 Å². The average Bonchev–Trinajstić information content (AvgIpc) is 2.48. The van der Waals surface area contributed by atoms with Crippen LogP contribution in [0.25, 0.3) is 0 Å². The number of piperazine rings is 1. The number of carbonyl (C=O) groups is 2. The van der Waals surface area contributed by atoms with Gasteiger partial charge in [-0.2, -0.15) is 0 Å². The van der Waals surface area contributed by atoms with Gasteiger partial charge < -0.3 is 10.6 Å². The summed E-state index contributed by atoms with van der Waals surface area (Å²) in [6.45, 7) is 16.5. The van der Waals surface area contributed by atoms with Gasteiger partial charge in [-0.15, -0.1) is 0 Å². The number of hydrogen-bond acceptors (Lipinski definition) is 4. The minimum absolute atomic E-state index is 0.0812. The van der Waals surface area contributed by atoms with Crippen LogP contribution in [0.3, 0.4) is 0 Å². The Morgan fingerprint density at radius 1 is 0.750 bits per heavy atom. The molecule has 0 aliphatic carbocycles. The van der Waals surface area contributed by atoms with E-state index in [4.69, 9.17) is 0 Å². The van der Waals surface area contributed by atoms with Crippen molar-refractivity contribution in [3.05, 3.63) is 0 Å². The van der Waals surface area contributed by atoms with Gasteiger partial charge in [0.1, 0.15) is 0 Å². The summed E-state index contributed by atoms with van der Waals surface area (Å²) in [6, 6.07) is 0. The molecule has 0 aromatic heterocycles. The second-order valence-corrected chi connectivity index (χ2v) is 8.12. The molecule has 0 atom stereocenters. The molecule has 0 bridgehead atoms. The van der Waals surface area contributed by atoms with E-state index in [1.807, 2.05) is 27.7 Å². The normalized spacial score (nSPS) is 17.6. The van der Waals surface area contributed by atoms with Gasteiger partial charge in [0.25, 0.3) is 0 Å². The maximum absolute atomic E-state index is 12.1. The monoisotopic (exact) mass is 340 g/mol. The van der Waals surface area contributed by atoms with E-state index in [1.54, 1.807) is 0 Å². The fraction of sp³-hybridized carbons (Fsp3) is 0.889. The molecule has 1 aliphatic heterocycles. The highest BCUT2D eigenvalue weighted by atomic mass is 16.2. The van der Waals surface area contributed by atoms with Gasteiger partial charge in [-0.1, -0.05) is 13.8 Å². The molecular formula is C18H36N4O2. The summed E-state index contributed by atoms with van der Waals surface area (Å²) in [5.74, 6) is 0.162. The molecular weight excluding hydrogens is 304 g/mol. The van der Waals surface area contributed by atoms with E-state index in [0.29, 0.717) is 13.1 Å². The largest absolute Gasteiger partial charge is 0.350 e. The molecule has 0 aromatic carbocycles. The smallest absolute Gasteiger partial charge is 0.234 e. The molecule has 1 rings (SSSR count). The Balaban J connectivity index is 2.31. The van der Waals surface area contributed by atoms with Crippen LogP contribution >= 0.6 is 0 Å². The first-order valence-corrected chi connectivity index (χ1v) is 9.13. The molecule has 1 saturated heterocycles. The molecule has 0 unspecified atom stereocenters. The lowest BCUT2D eigenvalue weighted by Crippen LogP contribution is -2.54. The van der Waals surface area contributed by atoms with E-state index in [-0.39, 0.29) is 22.9 Å². The highest BCUT2D eigenvalue weighted by Crippen LogP contribution is 2.09. The summed E-state index contributed by atoms with van der Waals surface area (Å²) in [5.41, 5.74) is -0.299. The zero-order valence-electron chi connectivity index (χ0n) is 16.4. The molecule has 1 heterocycles. The van der Waals surface area contributed by atoms with Crippen molar-refractivity contribution >= 4 is 11.8 Å². The number of hydrogen-bond donors (Lipinski definition) is 2. The molecule has 6 nitrogen and oxygen atoms in total. The predicted octanol–water partition coefficient (Wildman–Crippen LogP) is 1.21. The molecule has 0 spiro atoms. The Bertz CT molecular complexity index is 387. The molecule has 0 saturated carbocycles. The maximum atomic E-state index is 12.1. The van der Waals surface area contributed by atoms with Crippen molar-refractivity contribution < 1.29 is 9.59 Å². The van der Waals surface area contributed by atoms with Crippen LogP contribution < -0.4 is 10.6 Å². The van der Waals surface area contributed by atoms with Crippen molar-refractivity contribution in [3.8, 4) is 0 Å². The third-order valence-electron chi connectivity index (χ3n) is 4.92. The fourth-order valence-electron chi connectivity index (χ4n) is 2.52. The molecule has 24 heavy (non-hydrogen) atoms. The quantitative estimate of drug-likeness (QED) is 0.697. The number of nitrogens with one attached hydrogen (secondary N) is 2. The minimum Gasteiger partial charge on any atom is -0.350 e. The summed E-state index contributed by atoms with van der Waals surface area (Å²) < 4.78 is 0. The van der Waals surface area contributed by atoms with Gasteiger partial charge in [-0.25, -0.2) is 0 Å². The molecule has 1 fully saturated rings. The summed E-state index contributed by atoms with van der Waals surface area (Å²) in [7, 11) is 0. The molecule has 2 amide bonds. The minimum atomic E-state index is -0.150. The molecule has 2 N–H and O–H groups in total. The average molecular weight is 341 g/mol.